The van der Waals surface area contributed by atoms with Crippen LogP contribution in [0.2, 0.25) is 0 Å². The van der Waals surface area contributed by atoms with E-state index in [4.69, 9.17) is 4.98 Å². The molecule has 0 saturated carbocycles. The van der Waals surface area contributed by atoms with Gasteiger partial charge in [0.1, 0.15) is 10.0 Å². The Kier molecular flexibility index (Phi) is 6.34. The van der Waals surface area contributed by atoms with Crippen LogP contribution in [0.1, 0.15) is 54.0 Å². The van der Waals surface area contributed by atoms with Gasteiger partial charge in [-0.25, -0.2) is 15.0 Å². The highest BCUT2D eigenvalue weighted by Gasteiger charge is 2.17. The normalized spacial score (nSPS) is 12.5. The zero-order chi connectivity index (χ0) is 17.7. The van der Waals surface area contributed by atoms with Crippen LogP contribution in [0.25, 0.3) is 0 Å². The van der Waals surface area contributed by atoms with E-state index in [0.717, 1.165) is 33.9 Å². The summed E-state index contributed by atoms with van der Waals surface area (Å²) in [5.41, 5.74) is 2.33. The van der Waals surface area contributed by atoms with Gasteiger partial charge in [-0.05, 0) is 20.8 Å². The molecule has 0 fully saturated rings. The molecule has 0 aliphatic rings. The number of aromatic nitrogens is 2. The van der Waals surface area contributed by atoms with Crippen molar-refractivity contribution in [3.8, 4) is 0 Å². The van der Waals surface area contributed by atoms with Crippen molar-refractivity contribution in [2.75, 3.05) is 6.54 Å². The fourth-order valence-corrected chi connectivity index (χ4v) is 3.81. The smallest absolute Gasteiger partial charge is 0.192 e. The highest BCUT2D eigenvalue weighted by atomic mass is 32.1. The summed E-state index contributed by atoms with van der Waals surface area (Å²) in [4.78, 5) is 15.1. The maximum Gasteiger partial charge on any atom is 0.192 e. The quantitative estimate of drug-likeness (QED) is 0.625. The molecule has 2 N–H and O–H groups in total. The molecule has 2 heterocycles. The average Bonchev–Trinajstić information content (AvgIpc) is 3.09. The van der Waals surface area contributed by atoms with E-state index in [1.807, 2.05) is 6.92 Å². The van der Waals surface area contributed by atoms with Gasteiger partial charge in [0.2, 0.25) is 0 Å². The SMILES string of the molecule is CCNC(=NCc1nc(C)c(C)s1)NCc1nc(C(C)(C)C)cs1. The van der Waals surface area contributed by atoms with Crippen LogP contribution in [0, 0.1) is 13.8 Å². The van der Waals surface area contributed by atoms with Crippen LogP contribution in [0.5, 0.6) is 0 Å². The van der Waals surface area contributed by atoms with E-state index >= 15 is 0 Å². The number of aliphatic imine (C=N–C) groups is 1. The summed E-state index contributed by atoms with van der Waals surface area (Å²) in [7, 11) is 0. The van der Waals surface area contributed by atoms with Crippen LogP contribution in [-0.4, -0.2) is 22.5 Å². The molecular formula is C17H27N5S2. The minimum absolute atomic E-state index is 0.0912. The minimum atomic E-state index is 0.0912. The van der Waals surface area contributed by atoms with Gasteiger partial charge in [0.25, 0.3) is 0 Å². The molecule has 0 bridgehead atoms. The number of nitrogens with one attached hydrogen (secondary N) is 2. The van der Waals surface area contributed by atoms with Crippen molar-refractivity contribution < 1.29 is 0 Å². The summed E-state index contributed by atoms with van der Waals surface area (Å²) in [5, 5.41) is 10.9. The van der Waals surface area contributed by atoms with Gasteiger partial charge in [-0.1, -0.05) is 20.8 Å². The first-order valence-corrected chi connectivity index (χ1v) is 9.89. The summed E-state index contributed by atoms with van der Waals surface area (Å²) < 4.78 is 0. The average molecular weight is 366 g/mol. The molecule has 2 aromatic rings. The third-order valence-electron chi connectivity index (χ3n) is 3.52. The number of rotatable bonds is 5. The molecule has 7 heteroatoms. The fraction of sp³-hybridized carbons (Fsp3) is 0.588. The standard InChI is InChI=1S/C17H27N5S2/c1-7-18-16(20-9-15-21-11(2)12(3)24-15)19-8-14-22-13(10-23-14)17(4,5)6/h10H,7-9H2,1-6H3,(H2,18,19,20). The number of aryl methyl sites for hydroxylation is 2. The van der Waals surface area contributed by atoms with Gasteiger partial charge >= 0.3 is 0 Å². The molecule has 0 radical (unpaired) electrons. The van der Waals surface area contributed by atoms with Crippen molar-refractivity contribution in [1.82, 2.24) is 20.6 Å². The second-order valence-electron chi connectivity index (χ2n) is 6.67. The van der Waals surface area contributed by atoms with Crippen LogP contribution in [0.3, 0.4) is 0 Å². The van der Waals surface area contributed by atoms with Crippen molar-refractivity contribution in [3.63, 3.8) is 0 Å². The number of hydrogen-bond acceptors (Lipinski definition) is 5. The first kappa shape index (κ1) is 18.9. The summed E-state index contributed by atoms with van der Waals surface area (Å²) in [6.07, 6.45) is 0. The molecule has 0 amide bonds. The first-order chi connectivity index (χ1) is 11.3. The van der Waals surface area contributed by atoms with Crippen LogP contribution >= 0.6 is 22.7 Å². The van der Waals surface area contributed by atoms with E-state index < -0.39 is 0 Å². The molecule has 132 valence electrons. The Balaban J connectivity index is 1.97. The van der Waals surface area contributed by atoms with Crippen LogP contribution in [0.15, 0.2) is 10.4 Å². The Morgan fingerprint density at radius 1 is 1.17 bits per heavy atom. The van der Waals surface area contributed by atoms with E-state index in [1.165, 1.54) is 4.88 Å². The predicted octanol–water partition coefficient (Wildman–Crippen LogP) is 3.77. The number of nitrogens with zero attached hydrogens (tertiary/aromatic N) is 3. The van der Waals surface area contributed by atoms with Crippen molar-refractivity contribution >= 4 is 28.6 Å². The third-order valence-corrected chi connectivity index (χ3v) is 5.42. The number of thiazole rings is 2. The van der Waals surface area contributed by atoms with Gasteiger partial charge in [-0.3, -0.25) is 0 Å². The van der Waals surface area contributed by atoms with Gasteiger partial charge in [0, 0.05) is 22.2 Å². The zero-order valence-electron chi connectivity index (χ0n) is 15.4. The van der Waals surface area contributed by atoms with Crippen molar-refractivity contribution in [3.05, 3.63) is 31.7 Å². The highest BCUT2D eigenvalue weighted by molar-refractivity contribution is 7.11. The Labute approximate surface area is 152 Å². The molecule has 0 aliphatic heterocycles. The number of guanidine groups is 1. The molecule has 2 rings (SSSR count). The lowest BCUT2D eigenvalue weighted by atomic mass is 9.93. The maximum absolute atomic E-state index is 4.71. The van der Waals surface area contributed by atoms with E-state index in [-0.39, 0.29) is 5.41 Å². The molecule has 0 atom stereocenters. The van der Waals surface area contributed by atoms with E-state index in [2.05, 4.69) is 60.6 Å². The molecule has 0 unspecified atom stereocenters. The lowest BCUT2D eigenvalue weighted by Crippen LogP contribution is -2.36. The molecule has 2 aromatic heterocycles. The van der Waals surface area contributed by atoms with Crippen molar-refractivity contribution in [2.45, 2.75) is 60.0 Å². The van der Waals surface area contributed by atoms with Gasteiger partial charge in [-0.15, -0.1) is 22.7 Å². The van der Waals surface area contributed by atoms with E-state index in [0.29, 0.717) is 13.1 Å². The molecular weight excluding hydrogens is 338 g/mol. The maximum atomic E-state index is 4.71. The van der Waals surface area contributed by atoms with Crippen molar-refractivity contribution in [2.24, 2.45) is 4.99 Å². The molecule has 0 aliphatic carbocycles. The zero-order valence-corrected chi connectivity index (χ0v) is 17.0. The Hall–Kier alpha value is -1.47. The third kappa shape index (κ3) is 5.27. The highest BCUT2D eigenvalue weighted by Crippen LogP contribution is 2.23. The second kappa shape index (κ2) is 8.07. The van der Waals surface area contributed by atoms with E-state index in [9.17, 15) is 0 Å². The Morgan fingerprint density at radius 3 is 2.46 bits per heavy atom. The largest absolute Gasteiger partial charge is 0.357 e. The van der Waals surface area contributed by atoms with Crippen molar-refractivity contribution in [1.29, 1.82) is 0 Å². The minimum Gasteiger partial charge on any atom is -0.357 e. The molecule has 0 aromatic carbocycles. The second-order valence-corrected chi connectivity index (χ2v) is 8.90. The number of hydrogen-bond donors (Lipinski definition) is 2. The summed E-state index contributed by atoms with van der Waals surface area (Å²) in [6.45, 7) is 14.9. The molecule has 0 saturated heterocycles. The Morgan fingerprint density at radius 2 is 1.92 bits per heavy atom. The van der Waals surface area contributed by atoms with E-state index in [1.54, 1.807) is 22.7 Å². The summed E-state index contributed by atoms with van der Waals surface area (Å²) >= 11 is 3.40. The van der Waals surface area contributed by atoms with Crippen LogP contribution < -0.4 is 10.6 Å². The topological polar surface area (TPSA) is 62.2 Å². The lowest BCUT2D eigenvalue weighted by Gasteiger charge is -2.14. The van der Waals surface area contributed by atoms with Crippen LogP contribution in [-0.2, 0) is 18.5 Å². The van der Waals surface area contributed by atoms with Gasteiger partial charge in [0.15, 0.2) is 5.96 Å². The molecule has 0 spiro atoms. The fourth-order valence-electron chi connectivity index (χ4n) is 1.99. The van der Waals surface area contributed by atoms with Gasteiger partial charge in [-0.2, -0.15) is 0 Å². The first-order valence-electron chi connectivity index (χ1n) is 8.19. The predicted molar refractivity (Wildman–Crippen MR) is 104 cm³/mol. The summed E-state index contributed by atoms with van der Waals surface area (Å²) in [6, 6.07) is 0. The van der Waals surface area contributed by atoms with Gasteiger partial charge in [0.05, 0.1) is 24.5 Å². The lowest BCUT2D eigenvalue weighted by molar-refractivity contribution is 0.570. The van der Waals surface area contributed by atoms with Crippen LogP contribution in [0.4, 0.5) is 0 Å². The summed E-state index contributed by atoms with van der Waals surface area (Å²) in [5.74, 6) is 0.801. The molecule has 5 nitrogen and oxygen atoms in total. The van der Waals surface area contributed by atoms with Gasteiger partial charge < -0.3 is 10.6 Å². The Bertz CT molecular complexity index is 675. The monoisotopic (exact) mass is 365 g/mol. The molecule has 24 heavy (non-hydrogen) atoms.